The van der Waals surface area contributed by atoms with Crippen LogP contribution in [0.5, 0.6) is 0 Å². The third-order valence-corrected chi connectivity index (χ3v) is 3.97. The Hall–Kier alpha value is -1.26. The van der Waals surface area contributed by atoms with E-state index in [-0.39, 0.29) is 12.5 Å². The molecule has 0 aromatic carbocycles. The van der Waals surface area contributed by atoms with Crippen LogP contribution in [0.4, 0.5) is 4.79 Å². The summed E-state index contributed by atoms with van der Waals surface area (Å²) >= 11 is 0. The smallest absolute Gasteiger partial charge is 0.314 e. The van der Waals surface area contributed by atoms with Gasteiger partial charge in [-0.2, -0.15) is 0 Å². The van der Waals surface area contributed by atoms with Crippen LogP contribution in [0.15, 0.2) is 0 Å². The van der Waals surface area contributed by atoms with Crippen molar-refractivity contribution in [2.45, 2.75) is 51.9 Å². The number of urea groups is 1. The van der Waals surface area contributed by atoms with Crippen molar-refractivity contribution >= 4 is 12.0 Å². The Morgan fingerprint density at radius 1 is 1.16 bits per heavy atom. The number of nitrogens with one attached hydrogen (secondary N) is 2. The molecule has 1 aliphatic carbocycles. The van der Waals surface area contributed by atoms with Gasteiger partial charge >= 0.3 is 12.0 Å². The third kappa shape index (κ3) is 6.45. The molecule has 19 heavy (non-hydrogen) atoms. The Morgan fingerprint density at radius 2 is 1.84 bits per heavy atom. The number of amides is 2. The minimum absolute atomic E-state index is 0.0980. The summed E-state index contributed by atoms with van der Waals surface area (Å²) in [5.41, 5.74) is 0. The lowest BCUT2D eigenvalue weighted by atomic mass is 9.78. The van der Waals surface area contributed by atoms with Crippen LogP contribution in [0.3, 0.4) is 0 Å². The van der Waals surface area contributed by atoms with Crippen molar-refractivity contribution in [1.29, 1.82) is 0 Å². The Morgan fingerprint density at radius 3 is 2.47 bits per heavy atom. The topological polar surface area (TPSA) is 78.4 Å². The summed E-state index contributed by atoms with van der Waals surface area (Å²) in [6, 6.07) is -0.175. The monoisotopic (exact) mass is 270 g/mol. The first-order valence-electron chi connectivity index (χ1n) is 7.37. The largest absolute Gasteiger partial charge is 0.481 e. The molecule has 0 radical (unpaired) electrons. The molecule has 2 atom stereocenters. The molecule has 0 aromatic heterocycles. The Labute approximate surface area is 115 Å². The lowest BCUT2D eigenvalue weighted by molar-refractivity contribution is -0.137. The van der Waals surface area contributed by atoms with Gasteiger partial charge in [0.2, 0.25) is 0 Å². The zero-order valence-electron chi connectivity index (χ0n) is 11.8. The van der Waals surface area contributed by atoms with Gasteiger partial charge in [0.05, 0.1) is 0 Å². The van der Waals surface area contributed by atoms with Gasteiger partial charge in [-0.15, -0.1) is 0 Å². The highest BCUT2D eigenvalue weighted by molar-refractivity contribution is 5.73. The highest BCUT2D eigenvalue weighted by atomic mass is 16.4. The number of carboxylic acid groups (broad SMARTS) is 1. The summed E-state index contributed by atoms with van der Waals surface area (Å²) in [6.45, 7) is 3.37. The summed E-state index contributed by atoms with van der Waals surface area (Å²) in [5.74, 6) is 0.514. The van der Waals surface area contributed by atoms with Crippen LogP contribution < -0.4 is 10.6 Å². The number of carbonyl (C=O) groups is 2. The molecule has 0 spiro atoms. The second kappa shape index (κ2) is 8.77. The fraction of sp³-hybridized carbons (Fsp3) is 0.857. The fourth-order valence-corrected chi connectivity index (χ4v) is 2.82. The minimum Gasteiger partial charge on any atom is -0.481 e. The molecule has 1 fully saturated rings. The van der Waals surface area contributed by atoms with Crippen molar-refractivity contribution in [1.82, 2.24) is 10.6 Å². The first-order chi connectivity index (χ1) is 9.13. The molecule has 110 valence electrons. The second-order valence-electron chi connectivity index (χ2n) is 5.35. The van der Waals surface area contributed by atoms with Gasteiger partial charge in [0.25, 0.3) is 0 Å². The van der Waals surface area contributed by atoms with E-state index in [2.05, 4.69) is 17.6 Å². The molecule has 3 N–H and O–H groups in total. The van der Waals surface area contributed by atoms with Gasteiger partial charge in [-0.3, -0.25) is 4.79 Å². The quantitative estimate of drug-likeness (QED) is 0.621. The maximum atomic E-state index is 11.6. The molecule has 1 aliphatic rings. The molecule has 5 heteroatoms. The standard InChI is InChI=1S/C14H26N2O3/c1-2-11-6-3-4-7-12(11)10-16-14(19)15-9-5-8-13(17)18/h11-12H,2-10H2,1H3,(H,17,18)(H2,15,16,19). The number of aliphatic carboxylic acids is 1. The molecule has 0 aromatic rings. The normalized spacial score (nSPS) is 22.8. The van der Waals surface area contributed by atoms with E-state index >= 15 is 0 Å². The predicted octanol–water partition coefficient (Wildman–Crippen LogP) is 2.37. The first kappa shape index (κ1) is 15.8. The van der Waals surface area contributed by atoms with Gasteiger partial charge in [-0.05, 0) is 24.7 Å². The molecule has 2 unspecified atom stereocenters. The Bertz CT molecular complexity index is 294. The second-order valence-corrected chi connectivity index (χ2v) is 5.35. The Kier molecular flexibility index (Phi) is 7.30. The van der Waals surface area contributed by atoms with E-state index in [1.165, 1.54) is 32.1 Å². The maximum Gasteiger partial charge on any atom is 0.314 e. The van der Waals surface area contributed by atoms with E-state index in [1.807, 2.05) is 0 Å². The first-order valence-corrected chi connectivity index (χ1v) is 7.37. The van der Waals surface area contributed by atoms with Crippen molar-refractivity contribution in [3.63, 3.8) is 0 Å². The molecule has 5 nitrogen and oxygen atoms in total. The molecular formula is C14H26N2O3. The van der Waals surface area contributed by atoms with Crippen LogP contribution in [-0.4, -0.2) is 30.2 Å². The lowest BCUT2D eigenvalue weighted by Crippen LogP contribution is -2.40. The van der Waals surface area contributed by atoms with E-state index in [4.69, 9.17) is 5.11 Å². The predicted molar refractivity (Wildman–Crippen MR) is 74.0 cm³/mol. The average Bonchev–Trinajstić information content (AvgIpc) is 2.41. The number of carboxylic acids is 1. The SMILES string of the molecule is CCC1CCCCC1CNC(=O)NCCCC(=O)O. The molecular weight excluding hydrogens is 244 g/mol. The number of carbonyl (C=O) groups excluding carboxylic acids is 1. The van der Waals surface area contributed by atoms with Gasteiger partial charge in [0.15, 0.2) is 0 Å². The summed E-state index contributed by atoms with van der Waals surface area (Å²) in [5, 5.41) is 14.1. The molecule has 0 bridgehead atoms. The zero-order valence-corrected chi connectivity index (χ0v) is 11.8. The van der Waals surface area contributed by atoms with Crippen molar-refractivity contribution in [2.75, 3.05) is 13.1 Å². The van der Waals surface area contributed by atoms with Crippen LogP contribution >= 0.6 is 0 Å². The summed E-state index contributed by atoms with van der Waals surface area (Å²) in [4.78, 5) is 21.9. The van der Waals surface area contributed by atoms with Crippen molar-refractivity contribution in [2.24, 2.45) is 11.8 Å². The van der Waals surface area contributed by atoms with E-state index < -0.39 is 5.97 Å². The third-order valence-electron chi connectivity index (χ3n) is 3.97. The minimum atomic E-state index is -0.824. The maximum absolute atomic E-state index is 11.6. The highest BCUT2D eigenvalue weighted by Gasteiger charge is 2.23. The van der Waals surface area contributed by atoms with Crippen LogP contribution in [0.2, 0.25) is 0 Å². The van der Waals surface area contributed by atoms with E-state index in [0.717, 1.165) is 12.5 Å². The Balaban J connectivity index is 2.13. The molecule has 1 rings (SSSR count). The average molecular weight is 270 g/mol. The van der Waals surface area contributed by atoms with Crippen LogP contribution in [0.1, 0.15) is 51.9 Å². The fourth-order valence-electron chi connectivity index (χ4n) is 2.82. The lowest BCUT2D eigenvalue weighted by Gasteiger charge is -2.30. The van der Waals surface area contributed by atoms with E-state index in [1.54, 1.807) is 0 Å². The van der Waals surface area contributed by atoms with Gasteiger partial charge in [0, 0.05) is 19.5 Å². The molecule has 1 saturated carbocycles. The summed E-state index contributed by atoms with van der Waals surface area (Å²) in [6.07, 6.45) is 6.83. The van der Waals surface area contributed by atoms with Gasteiger partial charge in [-0.25, -0.2) is 4.79 Å². The molecule has 0 heterocycles. The van der Waals surface area contributed by atoms with Crippen LogP contribution in [-0.2, 0) is 4.79 Å². The van der Waals surface area contributed by atoms with E-state index in [0.29, 0.717) is 18.9 Å². The van der Waals surface area contributed by atoms with E-state index in [9.17, 15) is 9.59 Å². The number of hydrogen-bond donors (Lipinski definition) is 3. The molecule has 0 aliphatic heterocycles. The van der Waals surface area contributed by atoms with Crippen molar-refractivity contribution in [3.05, 3.63) is 0 Å². The molecule has 2 amide bonds. The van der Waals surface area contributed by atoms with Gasteiger partial charge < -0.3 is 15.7 Å². The summed E-state index contributed by atoms with van der Waals surface area (Å²) < 4.78 is 0. The van der Waals surface area contributed by atoms with Gasteiger partial charge in [-0.1, -0.05) is 32.6 Å². The zero-order chi connectivity index (χ0) is 14.1. The van der Waals surface area contributed by atoms with Crippen molar-refractivity contribution in [3.8, 4) is 0 Å². The highest BCUT2D eigenvalue weighted by Crippen LogP contribution is 2.31. The molecule has 0 saturated heterocycles. The summed E-state index contributed by atoms with van der Waals surface area (Å²) in [7, 11) is 0. The van der Waals surface area contributed by atoms with Crippen LogP contribution in [0.25, 0.3) is 0 Å². The van der Waals surface area contributed by atoms with Crippen molar-refractivity contribution < 1.29 is 14.7 Å². The van der Waals surface area contributed by atoms with Crippen LogP contribution in [0, 0.1) is 11.8 Å². The van der Waals surface area contributed by atoms with Gasteiger partial charge in [0.1, 0.15) is 0 Å². The number of rotatable bonds is 7. The number of hydrogen-bond acceptors (Lipinski definition) is 2.